The quantitative estimate of drug-likeness (QED) is 0.196. The number of hydrogen-bond acceptors (Lipinski definition) is 4. The van der Waals surface area contributed by atoms with E-state index in [2.05, 4.69) is 59.1 Å². The predicted octanol–water partition coefficient (Wildman–Crippen LogP) is 9.50. The first-order chi connectivity index (χ1) is 20.3. The van der Waals surface area contributed by atoms with Crippen LogP contribution in [0.2, 0.25) is 0 Å². The fraction of sp³-hybridized carbons (Fsp3) is 0.744. The third-order valence-corrected chi connectivity index (χ3v) is 12.4. The summed E-state index contributed by atoms with van der Waals surface area (Å²) >= 11 is 0. The maximum atomic E-state index is 5.54. The molecule has 0 amide bonds. The highest BCUT2D eigenvalue weighted by molar-refractivity contribution is 5.55. The molecule has 0 radical (unpaired) electrons. The van der Waals surface area contributed by atoms with Gasteiger partial charge in [-0.05, 0) is 137 Å². The third-order valence-electron chi connectivity index (χ3n) is 12.4. The van der Waals surface area contributed by atoms with E-state index in [-0.39, 0.29) is 0 Å². The highest BCUT2D eigenvalue weighted by Crippen LogP contribution is 2.64. The van der Waals surface area contributed by atoms with E-state index in [1.807, 2.05) is 39.0 Å². The van der Waals surface area contributed by atoms with Crippen molar-refractivity contribution in [3.63, 3.8) is 0 Å². The highest BCUT2D eigenvalue weighted by atomic mass is 15.0. The summed E-state index contributed by atoms with van der Waals surface area (Å²) in [5, 5.41) is 4.00. The Morgan fingerprint density at radius 1 is 1.02 bits per heavy atom. The van der Waals surface area contributed by atoms with Crippen LogP contribution in [-0.2, 0) is 0 Å². The van der Waals surface area contributed by atoms with Crippen LogP contribution in [0, 0.1) is 59.7 Å². The fourth-order valence-electron chi connectivity index (χ4n) is 9.54. The van der Waals surface area contributed by atoms with E-state index in [9.17, 15) is 0 Å². The Morgan fingerprint density at radius 2 is 1.72 bits per heavy atom. The molecule has 1 aromatic rings. The first kappa shape index (κ1) is 35.5. The first-order valence-electron chi connectivity index (χ1n) is 17.7. The van der Waals surface area contributed by atoms with Gasteiger partial charge in [-0.2, -0.15) is 0 Å². The number of benzene rings is 1. The molecule has 0 spiro atoms. The van der Waals surface area contributed by atoms with Crippen molar-refractivity contribution in [1.29, 1.82) is 0 Å². The van der Waals surface area contributed by atoms with Gasteiger partial charge in [-0.3, -0.25) is 0 Å². The minimum atomic E-state index is 0.411. The zero-order valence-electron chi connectivity index (χ0n) is 29.4. The summed E-state index contributed by atoms with van der Waals surface area (Å²) in [5.41, 5.74) is 20.6. The Kier molecular flexibility index (Phi) is 12.7. The van der Waals surface area contributed by atoms with Crippen molar-refractivity contribution in [1.82, 2.24) is 5.32 Å². The van der Waals surface area contributed by atoms with Crippen LogP contribution in [0.3, 0.4) is 0 Å². The van der Waals surface area contributed by atoms with Gasteiger partial charge in [0.1, 0.15) is 0 Å². The molecule has 4 heteroatoms. The Morgan fingerprint density at radius 3 is 2.30 bits per heavy atom. The third kappa shape index (κ3) is 8.21. The van der Waals surface area contributed by atoms with Gasteiger partial charge in [0.2, 0.25) is 0 Å². The van der Waals surface area contributed by atoms with Gasteiger partial charge in [0, 0.05) is 22.6 Å². The molecule has 0 aromatic heterocycles. The molecule has 4 nitrogen and oxygen atoms in total. The van der Waals surface area contributed by atoms with Crippen LogP contribution in [0.15, 0.2) is 42.1 Å². The molecule has 9 atom stereocenters. The molecule has 0 saturated heterocycles. The van der Waals surface area contributed by atoms with Crippen molar-refractivity contribution in [2.45, 2.75) is 125 Å². The Balaban J connectivity index is 0.000000299. The minimum absolute atomic E-state index is 0.411. The largest absolute Gasteiger partial charge is 0.403 e. The van der Waals surface area contributed by atoms with Crippen LogP contribution in [0.1, 0.15) is 118 Å². The van der Waals surface area contributed by atoms with E-state index in [4.69, 9.17) is 17.2 Å². The Bertz CT molecular complexity index is 1070. The van der Waals surface area contributed by atoms with Gasteiger partial charge < -0.3 is 22.5 Å². The van der Waals surface area contributed by atoms with E-state index >= 15 is 0 Å². The number of nitrogens with one attached hydrogen (secondary N) is 1. The fourth-order valence-corrected chi connectivity index (χ4v) is 9.54. The zero-order chi connectivity index (χ0) is 31.9. The molecule has 1 aromatic carbocycles. The van der Waals surface area contributed by atoms with Crippen molar-refractivity contribution in [2.75, 3.05) is 18.5 Å². The molecule has 3 fully saturated rings. The Hall–Kier alpha value is -1.94. The molecular formula is C39H68N4. The number of anilines is 2. The van der Waals surface area contributed by atoms with E-state index < -0.39 is 0 Å². The molecule has 3 saturated carbocycles. The predicted molar refractivity (Wildman–Crippen MR) is 189 cm³/mol. The summed E-state index contributed by atoms with van der Waals surface area (Å²) in [4.78, 5) is 0. The highest BCUT2D eigenvalue weighted by Gasteiger charge is 2.60. The zero-order valence-corrected chi connectivity index (χ0v) is 29.4. The van der Waals surface area contributed by atoms with Crippen molar-refractivity contribution < 1.29 is 0 Å². The standard InChI is InChI=1S/C28H49N.C7H10N2.C4H9N/c1-19(2)8-7-9-21(4)24-12-13-26-23-11-10-22-18-20(3)14-16-27(22,5)25(23)15-17-28(24,26)29-6;1-5-2-3-6(8)4-7(5)9;1-3-4(2)5/h10-11,19-26,29H,7-9,12-18H2,1-6H3;2-4H,8-9H2,1H3;3H,5H2,1-2H3/b;;4-3+. The van der Waals surface area contributed by atoms with E-state index in [0.29, 0.717) is 11.0 Å². The average Bonchev–Trinajstić information content (AvgIpc) is 3.36. The van der Waals surface area contributed by atoms with Crippen LogP contribution < -0.4 is 22.5 Å². The second-order valence-corrected chi connectivity index (χ2v) is 15.6. The van der Waals surface area contributed by atoms with Crippen LogP contribution in [0.5, 0.6) is 0 Å². The monoisotopic (exact) mass is 593 g/mol. The van der Waals surface area contributed by atoms with E-state index in [1.165, 1.54) is 64.2 Å². The van der Waals surface area contributed by atoms with Crippen LogP contribution >= 0.6 is 0 Å². The first-order valence-corrected chi connectivity index (χ1v) is 17.7. The van der Waals surface area contributed by atoms with Crippen molar-refractivity contribution >= 4 is 11.4 Å². The summed E-state index contributed by atoms with van der Waals surface area (Å²) in [6, 6.07) is 5.51. The second-order valence-electron chi connectivity index (χ2n) is 15.6. The summed E-state index contributed by atoms with van der Waals surface area (Å²) in [6.07, 6.45) is 21.7. The second kappa shape index (κ2) is 15.4. The summed E-state index contributed by atoms with van der Waals surface area (Å²) in [7, 11) is 2.30. The average molecular weight is 593 g/mol. The van der Waals surface area contributed by atoms with Crippen LogP contribution in [-0.4, -0.2) is 12.6 Å². The molecule has 0 bridgehead atoms. The molecule has 7 N–H and O–H groups in total. The van der Waals surface area contributed by atoms with Crippen molar-refractivity contribution in [2.24, 2.45) is 58.5 Å². The topological polar surface area (TPSA) is 90.1 Å². The molecule has 9 unspecified atom stereocenters. The van der Waals surface area contributed by atoms with Crippen molar-refractivity contribution in [3.8, 4) is 0 Å². The van der Waals surface area contributed by atoms with Crippen LogP contribution in [0.25, 0.3) is 0 Å². The number of fused-ring (bicyclic) bond motifs is 5. The number of nitrogens with two attached hydrogens (primary N) is 3. The lowest BCUT2D eigenvalue weighted by Gasteiger charge is -2.60. The van der Waals surface area contributed by atoms with Gasteiger partial charge in [0.25, 0.3) is 0 Å². The van der Waals surface area contributed by atoms with Gasteiger partial charge in [0.15, 0.2) is 0 Å². The van der Waals surface area contributed by atoms with Gasteiger partial charge in [-0.25, -0.2) is 0 Å². The molecule has 5 rings (SSSR count). The molecule has 0 heterocycles. The lowest BCUT2D eigenvalue weighted by molar-refractivity contribution is -0.0545. The van der Waals surface area contributed by atoms with E-state index in [1.54, 1.807) is 6.07 Å². The van der Waals surface area contributed by atoms with E-state index in [0.717, 1.165) is 70.0 Å². The minimum Gasteiger partial charge on any atom is -0.403 e. The lowest BCUT2D eigenvalue weighted by atomic mass is 9.47. The van der Waals surface area contributed by atoms with Gasteiger partial charge in [-0.15, -0.1) is 0 Å². The molecule has 0 aliphatic heterocycles. The molecule has 4 aliphatic rings. The van der Waals surface area contributed by atoms with Crippen LogP contribution in [0.4, 0.5) is 11.4 Å². The van der Waals surface area contributed by atoms with Gasteiger partial charge >= 0.3 is 0 Å². The van der Waals surface area contributed by atoms with Gasteiger partial charge in [0.05, 0.1) is 0 Å². The van der Waals surface area contributed by atoms with Gasteiger partial charge in [-0.1, -0.05) is 84.6 Å². The molecular weight excluding hydrogens is 524 g/mol. The normalized spacial score (nSPS) is 35.4. The maximum Gasteiger partial charge on any atom is 0.0364 e. The van der Waals surface area contributed by atoms with Crippen molar-refractivity contribution in [3.05, 3.63) is 47.7 Å². The summed E-state index contributed by atoms with van der Waals surface area (Å²) in [5.74, 6) is 7.03. The summed E-state index contributed by atoms with van der Waals surface area (Å²) in [6.45, 7) is 18.2. The number of hydrogen-bond donors (Lipinski definition) is 4. The summed E-state index contributed by atoms with van der Waals surface area (Å²) < 4.78 is 0. The maximum absolute atomic E-state index is 5.54. The number of nitrogen functional groups attached to an aromatic ring is 2. The number of aryl methyl sites for hydroxylation is 1. The lowest BCUT2D eigenvalue weighted by Crippen LogP contribution is -2.61. The number of rotatable bonds is 6. The smallest absolute Gasteiger partial charge is 0.0364 e. The Labute approximate surface area is 266 Å². The molecule has 244 valence electrons. The number of allylic oxidation sites excluding steroid dienone is 4. The SMILES string of the molecule is C/C=C(\C)N.CNC12CCC3C(C=CC4CC(C)CCC43C)C1CCC2C(C)CCCC(C)C.Cc1ccc(N)cc1N. The molecule has 43 heavy (non-hydrogen) atoms. The molecule has 4 aliphatic carbocycles.